The first-order valence-corrected chi connectivity index (χ1v) is 16.0. The van der Waals surface area contributed by atoms with Crippen LogP contribution in [0.25, 0.3) is 0 Å². The van der Waals surface area contributed by atoms with Crippen LogP contribution in [-0.2, 0) is 18.5 Å². The fourth-order valence-electron chi connectivity index (χ4n) is 5.86. The van der Waals surface area contributed by atoms with Gasteiger partial charge in [0.15, 0.2) is 0 Å². The van der Waals surface area contributed by atoms with Gasteiger partial charge in [-0.25, -0.2) is 8.42 Å². The molecule has 0 amide bonds. The number of carbonyl (C=O) groups excluding carboxylic acids is 1. The number of benzene rings is 3. The van der Waals surface area contributed by atoms with Crippen LogP contribution in [0.2, 0.25) is 0 Å². The molecule has 5 nitrogen and oxygen atoms in total. The number of rotatable bonds is 10. The molecule has 2 saturated carbocycles. The minimum absolute atomic E-state index is 0.0732. The van der Waals surface area contributed by atoms with E-state index in [2.05, 4.69) is 6.58 Å². The summed E-state index contributed by atoms with van der Waals surface area (Å²) >= 11 is 0. The van der Waals surface area contributed by atoms with E-state index in [1.54, 1.807) is 36.4 Å². The molecule has 2 aliphatic rings. The maximum Gasteiger partial charge on any atom is 0.432 e. The fourth-order valence-corrected chi connectivity index (χ4v) is 11.1. The predicted molar refractivity (Wildman–Crippen MR) is 146 cm³/mol. The topological polar surface area (TPSA) is 69.7 Å². The lowest BCUT2D eigenvalue weighted by Gasteiger charge is -2.41. The highest BCUT2D eigenvalue weighted by molar-refractivity contribution is 8.33. The van der Waals surface area contributed by atoms with Gasteiger partial charge in [-0.15, -0.1) is 0 Å². The Kier molecular flexibility index (Phi) is 7.82. The Balaban J connectivity index is 1.65. The van der Waals surface area contributed by atoms with Gasteiger partial charge in [0.05, 0.1) is 0 Å². The molecule has 0 aromatic heterocycles. The molecule has 0 saturated heterocycles. The Morgan fingerprint density at radius 2 is 1.34 bits per heavy atom. The molecular weight excluding hydrogens is 580 g/mol. The summed E-state index contributed by atoms with van der Waals surface area (Å²) in [4.78, 5) is 12.1. The Morgan fingerprint density at radius 3 is 1.80 bits per heavy atom. The van der Waals surface area contributed by atoms with Crippen LogP contribution < -0.4 is 4.74 Å². The molecule has 3 unspecified atom stereocenters. The standard InChI is InChI=1S/C30H28F4O5S2/c1-2-28(35)38-23-15-17-26(18-16-23)40(24-9-5-3-6-10-24,25-11-7-4-8-12-25)39-41(36,37)30(33,34)29(31,32)27-20-21-13-14-22(27)19-21/h2-12,15-18,21-22,27H,1,13-14,19-20H2. The number of hydrogen-bond donors (Lipinski definition) is 0. The van der Waals surface area contributed by atoms with Crippen molar-refractivity contribution in [3.8, 4) is 5.75 Å². The van der Waals surface area contributed by atoms with E-state index in [0.29, 0.717) is 19.3 Å². The average molecular weight is 609 g/mol. The zero-order chi connectivity index (χ0) is 29.5. The van der Waals surface area contributed by atoms with E-state index in [9.17, 15) is 13.2 Å². The maximum absolute atomic E-state index is 15.8. The second-order valence-electron chi connectivity index (χ2n) is 10.2. The summed E-state index contributed by atoms with van der Waals surface area (Å²) in [5.74, 6) is -8.05. The van der Waals surface area contributed by atoms with Crippen LogP contribution in [0.1, 0.15) is 25.7 Å². The quantitative estimate of drug-likeness (QED) is 0.101. The molecule has 41 heavy (non-hydrogen) atoms. The first kappa shape index (κ1) is 29.3. The van der Waals surface area contributed by atoms with Gasteiger partial charge in [0, 0.05) is 26.7 Å². The maximum atomic E-state index is 15.8. The second kappa shape index (κ2) is 10.9. The van der Waals surface area contributed by atoms with Gasteiger partial charge in [0.2, 0.25) is 0 Å². The van der Waals surface area contributed by atoms with Crippen molar-refractivity contribution in [1.82, 2.24) is 0 Å². The van der Waals surface area contributed by atoms with E-state index in [-0.39, 0.29) is 32.8 Å². The van der Waals surface area contributed by atoms with Gasteiger partial charge in [-0.1, -0.05) is 49.4 Å². The van der Waals surface area contributed by atoms with E-state index in [1.807, 2.05) is 0 Å². The first-order chi connectivity index (χ1) is 19.4. The highest BCUT2D eigenvalue weighted by Crippen LogP contribution is 2.71. The lowest BCUT2D eigenvalue weighted by atomic mass is 9.84. The van der Waals surface area contributed by atoms with Crippen molar-refractivity contribution >= 4 is 26.4 Å². The third kappa shape index (κ3) is 5.08. The Morgan fingerprint density at radius 1 is 0.805 bits per heavy atom. The fraction of sp³-hybridized carbons (Fsp3) is 0.300. The van der Waals surface area contributed by atoms with Crippen molar-refractivity contribution in [2.75, 3.05) is 0 Å². The number of esters is 1. The van der Waals surface area contributed by atoms with Crippen molar-refractivity contribution < 1.29 is 39.1 Å². The summed E-state index contributed by atoms with van der Waals surface area (Å²) in [6.07, 6.45) is 2.24. The lowest BCUT2D eigenvalue weighted by Crippen LogP contribution is -2.53. The number of hydrogen-bond acceptors (Lipinski definition) is 5. The second-order valence-corrected chi connectivity index (χ2v) is 14.7. The van der Waals surface area contributed by atoms with E-state index < -0.39 is 49.4 Å². The van der Waals surface area contributed by atoms with Crippen LogP contribution in [0, 0.1) is 17.8 Å². The van der Waals surface area contributed by atoms with E-state index in [4.69, 9.17) is 8.37 Å². The summed E-state index contributed by atoms with van der Waals surface area (Å²) in [5, 5.41) is -5.50. The monoisotopic (exact) mass is 608 g/mol. The Hall–Kier alpha value is -3.15. The van der Waals surface area contributed by atoms with Crippen LogP contribution >= 0.6 is 10.3 Å². The van der Waals surface area contributed by atoms with Crippen LogP contribution in [0.5, 0.6) is 5.75 Å². The van der Waals surface area contributed by atoms with Crippen molar-refractivity contribution in [3.05, 3.63) is 97.6 Å². The van der Waals surface area contributed by atoms with Crippen LogP contribution in [0.4, 0.5) is 17.6 Å². The molecule has 218 valence electrons. The number of alkyl halides is 4. The molecule has 5 rings (SSSR count). The summed E-state index contributed by atoms with van der Waals surface area (Å²) in [5.41, 5.74) is 0. The Bertz CT molecular complexity index is 1470. The highest BCUT2D eigenvalue weighted by Gasteiger charge is 2.73. The van der Waals surface area contributed by atoms with Gasteiger partial charge < -0.3 is 4.74 Å². The summed E-state index contributed by atoms with van der Waals surface area (Å²) in [6.45, 7) is 3.33. The van der Waals surface area contributed by atoms with Gasteiger partial charge >= 0.3 is 27.3 Å². The Labute approximate surface area is 237 Å². The first-order valence-electron chi connectivity index (χ1n) is 13.0. The molecule has 0 radical (unpaired) electrons. The van der Waals surface area contributed by atoms with Gasteiger partial charge in [-0.3, -0.25) is 0 Å². The number of fused-ring (bicyclic) bond motifs is 2. The highest BCUT2D eigenvalue weighted by atomic mass is 32.3. The van der Waals surface area contributed by atoms with Crippen molar-refractivity contribution in [2.45, 2.75) is 51.5 Å². The molecule has 2 bridgehead atoms. The van der Waals surface area contributed by atoms with Crippen LogP contribution in [0.15, 0.2) is 112 Å². The molecule has 3 aromatic carbocycles. The molecule has 11 heteroatoms. The third-order valence-electron chi connectivity index (χ3n) is 7.79. The smallest absolute Gasteiger partial charge is 0.423 e. The van der Waals surface area contributed by atoms with E-state index >= 15 is 17.6 Å². The molecule has 0 aliphatic heterocycles. The lowest BCUT2D eigenvalue weighted by molar-refractivity contribution is -0.202. The number of carbonyl (C=O) groups is 1. The predicted octanol–water partition coefficient (Wildman–Crippen LogP) is 7.99. The van der Waals surface area contributed by atoms with Crippen molar-refractivity contribution in [3.63, 3.8) is 0 Å². The summed E-state index contributed by atoms with van der Waals surface area (Å²) in [6, 6.07) is 20.9. The number of ether oxygens (including phenoxy) is 1. The van der Waals surface area contributed by atoms with Gasteiger partial charge in [0.25, 0.3) is 0 Å². The van der Waals surface area contributed by atoms with E-state index in [1.165, 1.54) is 48.5 Å². The third-order valence-corrected chi connectivity index (χ3v) is 13.0. The molecule has 3 aromatic rings. The van der Waals surface area contributed by atoms with Gasteiger partial charge in [-0.05, 0) is 89.9 Å². The summed E-state index contributed by atoms with van der Waals surface area (Å²) in [7, 11) is -9.83. The van der Waals surface area contributed by atoms with Gasteiger partial charge in [0.1, 0.15) is 5.75 Å². The molecular formula is C30H28F4O5S2. The molecule has 0 heterocycles. The molecule has 3 atom stereocenters. The molecule has 2 fully saturated rings. The number of halogens is 4. The molecule has 0 N–H and O–H groups in total. The summed E-state index contributed by atoms with van der Waals surface area (Å²) < 4.78 is 100. The molecule has 0 spiro atoms. The SMILES string of the molecule is C=CC(=O)Oc1ccc(S(OS(=O)(=O)C(F)(F)C(F)(F)C2CC3CCC2C3)(c2ccccc2)c2ccccc2)cc1. The minimum Gasteiger partial charge on any atom is -0.423 e. The molecule has 2 aliphatic carbocycles. The van der Waals surface area contributed by atoms with Crippen LogP contribution in [-0.4, -0.2) is 25.6 Å². The zero-order valence-corrected chi connectivity index (χ0v) is 23.4. The minimum atomic E-state index is -6.25. The van der Waals surface area contributed by atoms with Crippen LogP contribution in [0.3, 0.4) is 0 Å². The largest absolute Gasteiger partial charge is 0.432 e. The van der Waals surface area contributed by atoms with E-state index in [0.717, 1.165) is 6.08 Å². The zero-order valence-electron chi connectivity index (χ0n) is 21.8. The van der Waals surface area contributed by atoms with Crippen molar-refractivity contribution in [1.29, 1.82) is 0 Å². The normalized spacial score (nSPS) is 21.4. The van der Waals surface area contributed by atoms with Crippen molar-refractivity contribution in [2.24, 2.45) is 17.8 Å². The average Bonchev–Trinajstić information content (AvgIpc) is 3.62. The van der Waals surface area contributed by atoms with Gasteiger partial charge in [-0.2, -0.15) is 26.0 Å².